The highest BCUT2D eigenvalue weighted by Crippen LogP contribution is 2.32. The van der Waals surface area contributed by atoms with Gasteiger partial charge in [0, 0.05) is 22.2 Å². The molecule has 0 bridgehead atoms. The number of hydrogen-bond donors (Lipinski definition) is 0. The number of aromatic nitrogens is 2. The number of nitriles is 1. The van der Waals surface area contributed by atoms with Crippen molar-refractivity contribution < 1.29 is 12.8 Å². The van der Waals surface area contributed by atoms with Gasteiger partial charge in [0.15, 0.2) is 5.76 Å². The van der Waals surface area contributed by atoms with Crippen LogP contribution in [0.5, 0.6) is 0 Å². The number of para-hydroxylation sites is 2. The number of rotatable bonds is 5. The van der Waals surface area contributed by atoms with Crippen LogP contribution in [0.4, 0.5) is 0 Å². The Bertz CT molecular complexity index is 1640. The SMILES string of the molecule is N#C/C(=C\c1cn(-c2ccccc2)nc1-c1cc2ccccc2o1)S(=O)(=O)c1ccc(Cl)cc1. The topological polar surface area (TPSA) is 88.9 Å². The molecule has 0 N–H and O–H groups in total. The fraction of sp³-hybridized carbons (Fsp3) is 0. The van der Waals surface area contributed by atoms with Crippen molar-refractivity contribution in [1.82, 2.24) is 9.78 Å². The zero-order chi connectivity index (χ0) is 23.7. The number of benzene rings is 3. The molecule has 0 atom stereocenters. The first-order valence-corrected chi connectivity index (χ1v) is 12.1. The Kier molecular flexibility index (Phi) is 5.54. The third-order valence-corrected chi connectivity index (χ3v) is 7.17. The molecular formula is C26H16ClN3O3S. The molecular weight excluding hydrogens is 470 g/mol. The molecule has 0 spiro atoms. The molecule has 0 saturated carbocycles. The summed E-state index contributed by atoms with van der Waals surface area (Å²) in [4.78, 5) is -0.440. The average molecular weight is 486 g/mol. The van der Waals surface area contributed by atoms with Crippen LogP contribution in [-0.2, 0) is 9.84 Å². The number of halogens is 1. The van der Waals surface area contributed by atoms with Crippen LogP contribution in [0, 0.1) is 11.3 Å². The second-order valence-electron chi connectivity index (χ2n) is 7.44. The zero-order valence-electron chi connectivity index (χ0n) is 17.6. The lowest BCUT2D eigenvalue weighted by Gasteiger charge is -2.03. The first kappa shape index (κ1) is 21.7. The maximum absolute atomic E-state index is 13.2. The fourth-order valence-electron chi connectivity index (χ4n) is 3.55. The number of hydrogen-bond acceptors (Lipinski definition) is 5. The quantitative estimate of drug-likeness (QED) is 0.273. The summed E-state index contributed by atoms with van der Waals surface area (Å²) in [6.45, 7) is 0. The normalized spacial score (nSPS) is 12.1. The molecule has 2 aromatic heterocycles. The summed E-state index contributed by atoms with van der Waals surface area (Å²) in [6.07, 6.45) is 2.99. The van der Waals surface area contributed by atoms with Crippen molar-refractivity contribution in [2.75, 3.05) is 0 Å². The van der Waals surface area contributed by atoms with E-state index in [-0.39, 0.29) is 4.90 Å². The van der Waals surface area contributed by atoms with Gasteiger partial charge in [0.05, 0.1) is 10.6 Å². The van der Waals surface area contributed by atoms with Crippen LogP contribution in [0.15, 0.2) is 105 Å². The van der Waals surface area contributed by atoms with E-state index in [1.54, 1.807) is 10.9 Å². The molecule has 0 fully saturated rings. The second kappa shape index (κ2) is 8.67. The van der Waals surface area contributed by atoms with Gasteiger partial charge < -0.3 is 4.42 Å². The number of fused-ring (bicyclic) bond motifs is 1. The van der Waals surface area contributed by atoms with Crippen molar-refractivity contribution in [1.29, 1.82) is 5.26 Å². The minimum atomic E-state index is -4.07. The lowest BCUT2D eigenvalue weighted by atomic mass is 10.2. The van der Waals surface area contributed by atoms with Crippen LogP contribution in [0.1, 0.15) is 5.56 Å². The Morgan fingerprint density at radius 2 is 1.71 bits per heavy atom. The highest BCUT2D eigenvalue weighted by molar-refractivity contribution is 7.95. The van der Waals surface area contributed by atoms with E-state index in [9.17, 15) is 13.7 Å². The van der Waals surface area contributed by atoms with Crippen LogP contribution in [-0.4, -0.2) is 18.2 Å². The number of nitrogens with zero attached hydrogens (tertiary/aromatic N) is 3. The van der Waals surface area contributed by atoms with Crippen molar-refractivity contribution in [3.8, 4) is 23.2 Å². The first-order chi connectivity index (χ1) is 16.5. The van der Waals surface area contributed by atoms with Gasteiger partial charge in [-0.2, -0.15) is 10.4 Å². The molecule has 0 aliphatic heterocycles. The molecule has 166 valence electrons. The minimum absolute atomic E-state index is 0.0227. The molecule has 2 heterocycles. The third kappa shape index (κ3) is 4.01. The smallest absolute Gasteiger partial charge is 0.216 e. The van der Waals surface area contributed by atoms with E-state index in [1.165, 1.54) is 30.3 Å². The summed E-state index contributed by atoms with van der Waals surface area (Å²) in [6, 6.07) is 26.3. The summed E-state index contributed by atoms with van der Waals surface area (Å²) in [5.74, 6) is 0.461. The van der Waals surface area contributed by atoms with Crippen molar-refractivity contribution in [3.63, 3.8) is 0 Å². The van der Waals surface area contributed by atoms with Crippen molar-refractivity contribution in [2.45, 2.75) is 4.90 Å². The molecule has 0 unspecified atom stereocenters. The molecule has 0 saturated heterocycles. The van der Waals surface area contributed by atoms with Crippen molar-refractivity contribution in [2.24, 2.45) is 0 Å². The van der Waals surface area contributed by atoms with Gasteiger partial charge in [-0.05, 0) is 54.6 Å². The molecule has 8 heteroatoms. The molecule has 5 aromatic rings. The van der Waals surface area contributed by atoms with E-state index < -0.39 is 14.7 Å². The molecule has 0 radical (unpaired) electrons. The predicted octanol–water partition coefficient (Wildman–Crippen LogP) is 6.28. The molecule has 0 aliphatic rings. The van der Waals surface area contributed by atoms with Crippen molar-refractivity contribution >= 4 is 38.5 Å². The van der Waals surface area contributed by atoms with Gasteiger partial charge in [-0.15, -0.1) is 0 Å². The Hall–Kier alpha value is -4.12. The molecule has 34 heavy (non-hydrogen) atoms. The van der Waals surface area contributed by atoms with Gasteiger partial charge in [0.2, 0.25) is 9.84 Å². The fourth-order valence-corrected chi connectivity index (χ4v) is 4.82. The summed E-state index contributed by atoms with van der Waals surface area (Å²) in [7, 11) is -4.07. The minimum Gasteiger partial charge on any atom is -0.454 e. The second-order valence-corrected chi connectivity index (χ2v) is 9.79. The van der Waals surface area contributed by atoms with Gasteiger partial charge in [-0.3, -0.25) is 0 Å². The largest absolute Gasteiger partial charge is 0.454 e. The van der Waals surface area contributed by atoms with Gasteiger partial charge in [-0.1, -0.05) is 48.0 Å². The predicted molar refractivity (Wildman–Crippen MR) is 131 cm³/mol. The summed E-state index contributed by atoms with van der Waals surface area (Å²) in [5.41, 5.74) is 2.30. The van der Waals surface area contributed by atoms with E-state index in [2.05, 4.69) is 5.10 Å². The van der Waals surface area contributed by atoms with Crippen LogP contribution in [0.3, 0.4) is 0 Å². The van der Waals surface area contributed by atoms with E-state index in [0.717, 1.165) is 11.1 Å². The standard InChI is InChI=1S/C26H16ClN3O3S/c27-20-10-12-22(13-11-20)34(31,32)23(16-28)14-19-17-30(21-7-2-1-3-8-21)29-26(19)25-15-18-6-4-5-9-24(18)33-25/h1-15,17H/b23-14+. The summed E-state index contributed by atoms with van der Waals surface area (Å²) in [5, 5.41) is 15.7. The highest BCUT2D eigenvalue weighted by atomic mass is 35.5. The maximum atomic E-state index is 13.2. The van der Waals surface area contributed by atoms with Gasteiger partial charge in [-0.25, -0.2) is 13.1 Å². The summed E-state index contributed by atoms with van der Waals surface area (Å²) < 4.78 is 33.9. The van der Waals surface area contributed by atoms with Crippen molar-refractivity contribution in [3.05, 3.63) is 107 Å². The zero-order valence-corrected chi connectivity index (χ0v) is 19.2. The lowest BCUT2D eigenvalue weighted by Crippen LogP contribution is -2.03. The van der Waals surface area contributed by atoms with Crippen LogP contribution in [0.25, 0.3) is 34.2 Å². The summed E-state index contributed by atoms with van der Waals surface area (Å²) >= 11 is 5.89. The van der Waals surface area contributed by atoms with E-state index in [1.807, 2.05) is 66.7 Å². The van der Waals surface area contributed by atoms with Gasteiger partial charge in [0.1, 0.15) is 22.3 Å². The first-order valence-electron chi connectivity index (χ1n) is 10.2. The maximum Gasteiger partial charge on any atom is 0.216 e. The van der Waals surface area contributed by atoms with Gasteiger partial charge >= 0.3 is 0 Å². The molecule has 5 rings (SSSR count). The van der Waals surface area contributed by atoms with Gasteiger partial charge in [0.25, 0.3) is 0 Å². The Morgan fingerprint density at radius 1 is 1.00 bits per heavy atom. The van der Waals surface area contributed by atoms with E-state index in [0.29, 0.717) is 27.6 Å². The van der Waals surface area contributed by atoms with E-state index in [4.69, 9.17) is 16.0 Å². The van der Waals surface area contributed by atoms with E-state index >= 15 is 0 Å². The lowest BCUT2D eigenvalue weighted by molar-refractivity contribution is 0.603. The molecule has 3 aromatic carbocycles. The Labute approximate surface area is 200 Å². The highest BCUT2D eigenvalue weighted by Gasteiger charge is 2.23. The number of furan rings is 1. The third-order valence-electron chi connectivity index (χ3n) is 5.23. The molecule has 0 amide bonds. The Balaban J connectivity index is 1.69. The van der Waals surface area contributed by atoms with Crippen LogP contribution >= 0.6 is 11.6 Å². The molecule has 6 nitrogen and oxygen atoms in total. The Morgan fingerprint density at radius 3 is 2.41 bits per heavy atom. The van der Waals surface area contributed by atoms with Crippen LogP contribution in [0.2, 0.25) is 5.02 Å². The van der Waals surface area contributed by atoms with Crippen LogP contribution < -0.4 is 0 Å². The number of sulfone groups is 1. The monoisotopic (exact) mass is 485 g/mol. The molecule has 0 aliphatic carbocycles. The average Bonchev–Trinajstić information content (AvgIpc) is 3.47. The number of allylic oxidation sites excluding steroid dienone is 1.